The van der Waals surface area contributed by atoms with Crippen molar-refractivity contribution in [2.45, 2.75) is 26.7 Å². The molecule has 0 amide bonds. The van der Waals surface area contributed by atoms with E-state index in [-0.39, 0.29) is 0 Å². The zero-order valence-electron chi connectivity index (χ0n) is 9.81. The van der Waals surface area contributed by atoms with E-state index in [1.807, 2.05) is 13.0 Å². The lowest BCUT2D eigenvalue weighted by Gasteiger charge is -2.14. The van der Waals surface area contributed by atoms with Crippen molar-refractivity contribution < 1.29 is 0 Å². The minimum atomic E-state index is 0.317. The number of fused-ring (bicyclic) bond motifs is 1. The van der Waals surface area contributed by atoms with Gasteiger partial charge in [-0.05, 0) is 30.5 Å². The smallest absolute Gasteiger partial charge is 0.0907 e. The Kier molecular flexibility index (Phi) is 3.53. The second-order valence-corrected chi connectivity index (χ2v) is 5.58. The summed E-state index contributed by atoms with van der Waals surface area (Å²) < 4.78 is 0. The normalized spacial score (nSPS) is 11.5. The Balaban J connectivity index is 2.92. The van der Waals surface area contributed by atoms with E-state index in [0.717, 1.165) is 16.6 Å². The zero-order chi connectivity index (χ0) is 12.7. The van der Waals surface area contributed by atoms with Gasteiger partial charge in [0.05, 0.1) is 15.6 Å². The van der Waals surface area contributed by atoms with E-state index in [1.165, 1.54) is 0 Å². The molecular weight excluding hydrogens is 277 g/mol. The number of rotatable bonds is 1. The largest absolute Gasteiger partial charge is 0.251 e. The van der Waals surface area contributed by atoms with E-state index in [0.29, 0.717) is 26.5 Å². The highest BCUT2D eigenvalue weighted by Gasteiger charge is 2.15. The molecule has 90 valence electrons. The number of halogens is 3. The summed E-state index contributed by atoms with van der Waals surface area (Å²) in [5.74, 6) is 0.317. The Labute approximate surface area is 116 Å². The Morgan fingerprint density at radius 1 is 1.12 bits per heavy atom. The van der Waals surface area contributed by atoms with Gasteiger partial charge in [0.15, 0.2) is 0 Å². The molecule has 4 heteroatoms. The second kappa shape index (κ2) is 4.64. The number of nitrogens with zero attached hydrogens (tertiary/aromatic N) is 1. The number of aryl methyl sites for hydroxylation is 1. The number of pyridine rings is 1. The van der Waals surface area contributed by atoms with Crippen LogP contribution in [0.5, 0.6) is 0 Å². The van der Waals surface area contributed by atoms with Crippen LogP contribution in [0.4, 0.5) is 0 Å². The Bertz CT molecular complexity index is 591. The quantitative estimate of drug-likeness (QED) is 0.663. The molecule has 1 heterocycles. The van der Waals surface area contributed by atoms with Gasteiger partial charge in [-0.3, -0.25) is 4.98 Å². The first-order valence-corrected chi connectivity index (χ1v) is 6.50. The van der Waals surface area contributed by atoms with Crippen LogP contribution < -0.4 is 0 Å². The van der Waals surface area contributed by atoms with Gasteiger partial charge in [0.25, 0.3) is 0 Å². The van der Waals surface area contributed by atoms with Gasteiger partial charge < -0.3 is 0 Å². The predicted molar refractivity (Wildman–Crippen MR) is 75.6 cm³/mol. The lowest BCUT2D eigenvalue weighted by Crippen LogP contribution is -1.98. The van der Waals surface area contributed by atoms with Gasteiger partial charge in [0.2, 0.25) is 0 Å². The summed E-state index contributed by atoms with van der Waals surface area (Å²) in [6.07, 6.45) is 0. The molecule has 0 unspecified atom stereocenters. The number of aromatic nitrogens is 1. The summed E-state index contributed by atoms with van der Waals surface area (Å²) in [6, 6.07) is 3.49. The van der Waals surface area contributed by atoms with E-state index in [4.69, 9.17) is 34.8 Å². The Morgan fingerprint density at radius 3 is 2.35 bits per heavy atom. The van der Waals surface area contributed by atoms with Crippen molar-refractivity contribution in [2.24, 2.45) is 0 Å². The molecule has 0 aliphatic heterocycles. The summed E-state index contributed by atoms with van der Waals surface area (Å²) in [5.41, 5.74) is 2.68. The molecule has 17 heavy (non-hydrogen) atoms. The first-order chi connectivity index (χ1) is 7.91. The molecule has 0 saturated carbocycles. The first-order valence-electron chi connectivity index (χ1n) is 5.36. The number of benzene rings is 1. The SMILES string of the molecule is Cc1nc2c(Cl)cc(Cl)cc2c(Cl)c1C(C)C. The van der Waals surface area contributed by atoms with E-state index in [1.54, 1.807) is 6.07 Å². The van der Waals surface area contributed by atoms with Crippen molar-refractivity contribution in [3.8, 4) is 0 Å². The van der Waals surface area contributed by atoms with Crippen molar-refractivity contribution in [1.29, 1.82) is 0 Å². The summed E-state index contributed by atoms with van der Waals surface area (Å²) >= 11 is 18.6. The molecule has 0 saturated heterocycles. The lowest BCUT2D eigenvalue weighted by atomic mass is 9.99. The summed E-state index contributed by atoms with van der Waals surface area (Å²) in [6.45, 7) is 6.13. The standard InChI is InChI=1S/C13H12Cl3N/c1-6(2)11-7(3)17-13-9(12(11)16)4-8(14)5-10(13)15/h4-6H,1-3H3. The second-order valence-electron chi connectivity index (χ2n) is 4.36. The van der Waals surface area contributed by atoms with Crippen LogP contribution in [0.2, 0.25) is 15.1 Å². The van der Waals surface area contributed by atoms with Crippen LogP contribution in [0.15, 0.2) is 12.1 Å². The first kappa shape index (κ1) is 12.9. The third-order valence-corrected chi connectivity index (χ3v) is 3.66. The molecular formula is C13H12Cl3N. The van der Waals surface area contributed by atoms with Crippen LogP contribution in [0, 0.1) is 6.92 Å². The van der Waals surface area contributed by atoms with Crippen molar-refractivity contribution >= 4 is 45.7 Å². The predicted octanol–water partition coefficient (Wildman–Crippen LogP) is 5.63. The van der Waals surface area contributed by atoms with Crippen LogP contribution in [0.3, 0.4) is 0 Å². The molecule has 1 nitrogen and oxygen atoms in total. The maximum absolute atomic E-state index is 6.43. The molecule has 2 aromatic rings. The maximum atomic E-state index is 6.43. The Morgan fingerprint density at radius 2 is 1.76 bits per heavy atom. The van der Waals surface area contributed by atoms with E-state index < -0.39 is 0 Å². The molecule has 0 atom stereocenters. The zero-order valence-corrected chi connectivity index (χ0v) is 12.1. The Hall–Kier alpha value is -0.500. The highest BCUT2D eigenvalue weighted by atomic mass is 35.5. The molecule has 1 aromatic carbocycles. The monoisotopic (exact) mass is 287 g/mol. The van der Waals surface area contributed by atoms with Gasteiger partial charge in [0, 0.05) is 16.1 Å². The average molecular weight is 289 g/mol. The number of hydrogen-bond donors (Lipinski definition) is 0. The molecule has 0 fully saturated rings. The third-order valence-electron chi connectivity index (χ3n) is 2.75. The van der Waals surface area contributed by atoms with Crippen LogP contribution >= 0.6 is 34.8 Å². The van der Waals surface area contributed by atoms with Gasteiger partial charge in [-0.15, -0.1) is 0 Å². The van der Waals surface area contributed by atoms with Crippen molar-refractivity contribution in [3.05, 3.63) is 38.5 Å². The fourth-order valence-corrected chi connectivity index (χ4v) is 3.08. The van der Waals surface area contributed by atoms with E-state index in [2.05, 4.69) is 18.8 Å². The molecule has 1 aromatic heterocycles. The molecule has 0 radical (unpaired) electrons. The van der Waals surface area contributed by atoms with Gasteiger partial charge in [-0.1, -0.05) is 48.7 Å². The minimum Gasteiger partial charge on any atom is -0.251 e. The highest BCUT2D eigenvalue weighted by Crippen LogP contribution is 2.37. The van der Waals surface area contributed by atoms with Gasteiger partial charge >= 0.3 is 0 Å². The van der Waals surface area contributed by atoms with E-state index >= 15 is 0 Å². The molecule has 0 spiro atoms. The summed E-state index contributed by atoms with van der Waals surface area (Å²) in [5, 5.41) is 2.63. The van der Waals surface area contributed by atoms with Crippen LogP contribution in [-0.2, 0) is 0 Å². The fraction of sp³-hybridized carbons (Fsp3) is 0.308. The summed E-state index contributed by atoms with van der Waals surface area (Å²) in [7, 11) is 0. The lowest BCUT2D eigenvalue weighted by molar-refractivity contribution is 0.848. The fourth-order valence-electron chi connectivity index (χ4n) is 2.05. The van der Waals surface area contributed by atoms with Crippen molar-refractivity contribution in [1.82, 2.24) is 4.98 Å². The molecule has 0 aliphatic rings. The van der Waals surface area contributed by atoms with E-state index in [9.17, 15) is 0 Å². The van der Waals surface area contributed by atoms with Gasteiger partial charge in [0.1, 0.15) is 0 Å². The topological polar surface area (TPSA) is 12.9 Å². The maximum Gasteiger partial charge on any atom is 0.0907 e. The molecule has 2 rings (SSSR count). The van der Waals surface area contributed by atoms with Crippen LogP contribution in [-0.4, -0.2) is 4.98 Å². The molecule has 0 bridgehead atoms. The molecule has 0 N–H and O–H groups in total. The molecule has 0 aliphatic carbocycles. The average Bonchev–Trinajstić information content (AvgIpc) is 2.19. The van der Waals surface area contributed by atoms with Crippen molar-refractivity contribution in [3.63, 3.8) is 0 Å². The van der Waals surface area contributed by atoms with Gasteiger partial charge in [-0.25, -0.2) is 0 Å². The highest BCUT2D eigenvalue weighted by molar-refractivity contribution is 6.41. The summed E-state index contributed by atoms with van der Waals surface area (Å²) in [4.78, 5) is 4.52. The van der Waals surface area contributed by atoms with Crippen molar-refractivity contribution in [2.75, 3.05) is 0 Å². The number of hydrogen-bond acceptors (Lipinski definition) is 1. The van der Waals surface area contributed by atoms with Gasteiger partial charge in [-0.2, -0.15) is 0 Å². The van der Waals surface area contributed by atoms with Crippen LogP contribution in [0.1, 0.15) is 31.0 Å². The minimum absolute atomic E-state index is 0.317. The van der Waals surface area contributed by atoms with Crippen LogP contribution in [0.25, 0.3) is 10.9 Å². The third kappa shape index (κ3) is 2.24.